The molecule has 0 aliphatic rings. The van der Waals surface area contributed by atoms with Crippen LogP contribution in [0, 0.1) is 0 Å². The molecule has 0 bridgehead atoms. The Morgan fingerprint density at radius 1 is 1.20 bits per heavy atom. The van der Waals surface area contributed by atoms with E-state index in [2.05, 4.69) is 4.74 Å². The predicted molar refractivity (Wildman–Crippen MR) is 46.9 cm³/mol. The first-order valence-corrected chi connectivity index (χ1v) is 4.04. The number of carbonyl (C=O) groups excluding carboxylic acids is 1. The molecule has 1 radical (unpaired) electrons. The summed E-state index contributed by atoms with van der Waals surface area (Å²) in [4.78, 5) is 10.5. The van der Waals surface area contributed by atoms with Crippen LogP contribution in [0.1, 0.15) is 5.56 Å². The van der Waals surface area contributed by atoms with Crippen molar-refractivity contribution in [3.8, 4) is 0 Å². The Hall–Kier alpha value is -1.36. The summed E-state index contributed by atoms with van der Waals surface area (Å²) in [7, 11) is 0.825. The van der Waals surface area contributed by atoms with E-state index in [1.165, 1.54) is 24.3 Å². The SMILES string of the molecule is CO[C@@]([C]=O)(c1ccccc1)C(F)(F)F. The van der Waals surface area contributed by atoms with Gasteiger partial charge in [-0.25, -0.2) is 0 Å². The summed E-state index contributed by atoms with van der Waals surface area (Å²) < 4.78 is 42.3. The van der Waals surface area contributed by atoms with Crippen LogP contribution >= 0.6 is 0 Å². The molecule has 5 heteroatoms. The molecule has 0 aromatic heterocycles. The second-order valence-corrected chi connectivity index (χ2v) is 2.85. The summed E-state index contributed by atoms with van der Waals surface area (Å²) in [5.74, 6) is 0. The number of hydrogen-bond acceptors (Lipinski definition) is 2. The summed E-state index contributed by atoms with van der Waals surface area (Å²) in [6.45, 7) is 0. The summed E-state index contributed by atoms with van der Waals surface area (Å²) in [6.07, 6.45) is -3.90. The normalized spacial score (nSPS) is 15.7. The van der Waals surface area contributed by atoms with Crippen molar-refractivity contribution in [2.24, 2.45) is 0 Å². The quantitative estimate of drug-likeness (QED) is 0.775. The molecule has 2 nitrogen and oxygen atoms in total. The first-order chi connectivity index (χ1) is 6.98. The number of methoxy groups -OCH3 is 1. The van der Waals surface area contributed by atoms with Crippen molar-refractivity contribution >= 4 is 6.29 Å². The van der Waals surface area contributed by atoms with Crippen LogP contribution in [0.3, 0.4) is 0 Å². The van der Waals surface area contributed by atoms with E-state index in [1.807, 2.05) is 0 Å². The van der Waals surface area contributed by atoms with E-state index in [-0.39, 0.29) is 5.56 Å². The maximum Gasteiger partial charge on any atom is 0.429 e. The van der Waals surface area contributed by atoms with Crippen LogP contribution in [0.4, 0.5) is 13.2 Å². The highest BCUT2D eigenvalue weighted by molar-refractivity contribution is 5.68. The molecule has 15 heavy (non-hydrogen) atoms. The number of halogens is 3. The molecule has 0 aliphatic heterocycles. The molecule has 1 rings (SSSR count). The van der Waals surface area contributed by atoms with Crippen molar-refractivity contribution in [3.63, 3.8) is 0 Å². The first-order valence-electron chi connectivity index (χ1n) is 4.04. The fourth-order valence-corrected chi connectivity index (χ4v) is 1.23. The van der Waals surface area contributed by atoms with Crippen LogP contribution in [0.15, 0.2) is 30.3 Å². The third-order valence-corrected chi connectivity index (χ3v) is 2.03. The molecule has 0 amide bonds. The van der Waals surface area contributed by atoms with Gasteiger partial charge in [-0.2, -0.15) is 13.2 Å². The number of benzene rings is 1. The average molecular weight is 217 g/mol. The van der Waals surface area contributed by atoms with Gasteiger partial charge < -0.3 is 4.74 Å². The van der Waals surface area contributed by atoms with Gasteiger partial charge in [0, 0.05) is 12.7 Å². The molecule has 0 saturated heterocycles. The largest absolute Gasteiger partial charge is 0.429 e. The fourth-order valence-electron chi connectivity index (χ4n) is 1.23. The lowest BCUT2D eigenvalue weighted by Crippen LogP contribution is -2.45. The fraction of sp³-hybridized carbons (Fsp3) is 0.300. The second kappa shape index (κ2) is 4.02. The molecule has 1 aromatic rings. The Bertz CT molecular complexity index is 334. The van der Waals surface area contributed by atoms with Gasteiger partial charge in [-0.15, -0.1) is 0 Å². The molecule has 0 fully saturated rings. The molecule has 0 aliphatic carbocycles. The van der Waals surface area contributed by atoms with Gasteiger partial charge in [0.1, 0.15) is 0 Å². The smallest absolute Gasteiger partial charge is 0.357 e. The number of alkyl halides is 3. The molecule has 81 valence electrons. The molecule has 0 unspecified atom stereocenters. The van der Waals surface area contributed by atoms with Gasteiger partial charge in [0.25, 0.3) is 5.60 Å². The van der Waals surface area contributed by atoms with Gasteiger partial charge in [-0.3, -0.25) is 4.79 Å². The van der Waals surface area contributed by atoms with E-state index in [4.69, 9.17) is 0 Å². The van der Waals surface area contributed by atoms with Crippen molar-refractivity contribution < 1.29 is 22.7 Å². The van der Waals surface area contributed by atoms with E-state index < -0.39 is 11.8 Å². The molecular weight excluding hydrogens is 209 g/mol. The summed E-state index contributed by atoms with van der Waals surface area (Å²) in [5, 5.41) is 0. The maximum atomic E-state index is 12.7. The highest BCUT2D eigenvalue weighted by Gasteiger charge is 2.58. The number of rotatable bonds is 3. The molecule has 0 heterocycles. The van der Waals surface area contributed by atoms with Crippen LogP contribution in [0.25, 0.3) is 0 Å². The van der Waals surface area contributed by atoms with Crippen molar-refractivity contribution in [1.82, 2.24) is 0 Å². The first kappa shape index (κ1) is 11.7. The highest BCUT2D eigenvalue weighted by Crippen LogP contribution is 2.39. The van der Waals surface area contributed by atoms with Crippen LogP contribution < -0.4 is 0 Å². The van der Waals surface area contributed by atoms with Crippen molar-refractivity contribution in [2.45, 2.75) is 11.8 Å². The Kier molecular flexibility index (Phi) is 3.14. The van der Waals surface area contributed by atoms with E-state index in [0.717, 1.165) is 13.4 Å². The number of hydrogen-bond donors (Lipinski definition) is 0. The minimum atomic E-state index is -4.83. The lowest BCUT2D eigenvalue weighted by molar-refractivity contribution is -0.245. The van der Waals surface area contributed by atoms with Crippen LogP contribution in [-0.4, -0.2) is 19.6 Å². The Balaban J connectivity index is 3.30. The predicted octanol–water partition coefficient (Wildman–Crippen LogP) is 2.20. The molecular formula is C10H8F3O2. The zero-order chi connectivity index (χ0) is 11.5. The van der Waals surface area contributed by atoms with Gasteiger partial charge in [-0.1, -0.05) is 30.3 Å². The Morgan fingerprint density at radius 3 is 2.07 bits per heavy atom. The third kappa shape index (κ3) is 1.87. The molecule has 1 aromatic carbocycles. The molecule has 0 spiro atoms. The third-order valence-electron chi connectivity index (χ3n) is 2.03. The van der Waals surface area contributed by atoms with Gasteiger partial charge >= 0.3 is 6.18 Å². The average Bonchev–Trinajstić information content (AvgIpc) is 2.20. The van der Waals surface area contributed by atoms with Crippen LogP contribution in [0.5, 0.6) is 0 Å². The van der Waals surface area contributed by atoms with Crippen molar-refractivity contribution in [2.75, 3.05) is 7.11 Å². The number of ether oxygens (including phenoxy) is 1. The zero-order valence-electron chi connectivity index (χ0n) is 7.84. The summed E-state index contributed by atoms with van der Waals surface area (Å²) in [5.41, 5.74) is -3.27. The van der Waals surface area contributed by atoms with E-state index in [9.17, 15) is 18.0 Å². The molecule has 0 N–H and O–H groups in total. The second-order valence-electron chi connectivity index (χ2n) is 2.85. The standard InChI is InChI=1S/C10H8F3O2/c1-15-9(7-14,10(11,12)13)8-5-3-2-4-6-8/h2-6H,1H3/t9-/m0/s1. The van der Waals surface area contributed by atoms with Gasteiger partial charge in [0.05, 0.1) is 0 Å². The van der Waals surface area contributed by atoms with Crippen molar-refractivity contribution in [3.05, 3.63) is 35.9 Å². The Morgan fingerprint density at radius 2 is 1.73 bits per heavy atom. The summed E-state index contributed by atoms with van der Waals surface area (Å²) in [6, 6.07) is 6.67. The topological polar surface area (TPSA) is 26.3 Å². The lowest BCUT2D eigenvalue weighted by Gasteiger charge is -2.28. The van der Waals surface area contributed by atoms with Gasteiger partial charge in [0.2, 0.25) is 6.29 Å². The van der Waals surface area contributed by atoms with Gasteiger partial charge in [-0.05, 0) is 0 Å². The van der Waals surface area contributed by atoms with Crippen LogP contribution in [0.2, 0.25) is 0 Å². The minimum Gasteiger partial charge on any atom is -0.357 e. The van der Waals surface area contributed by atoms with E-state index in [1.54, 1.807) is 6.07 Å². The minimum absolute atomic E-state index is 0.282. The van der Waals surface area contributed by atoms with E-state index in [0.29, 0.717) is 0 Å². The van der Waals surface area contributed by atoms with E-state index >= 15 is 0 Å². The zero-order valence-corrected chi connectivity index (χ0v) is 7.84. The monoisotopic (exact) mass is 217 g/mol. The molecule has 0 saturated carbocycles. The highest BCUT2D eigenvalue weighted by atomic mass is 19.4. The van der Waals surface area contributed by atoms with Gasteiger partial charge in [0.15, 0.2) is 0 Å². The summed E-state index contributed by atoms with van der Waals surface area (Å²) >= 11 is 0. The Labute approximate surface area is 84.7 Å². The van der Waals surface area contributed by atoms with Crippen molar-refractivity contribution in [1.29, 1.82) is 0 Å². The lowest BCUT2D eigenvalue weighted by atomic mass is 9.94. The van der Waals surface area contributed by atoms with Crippen LogP contribution in [-0.2, 0) is 15.1 Å². The maximum absolute atomic E-state index is 12.7. The molecule has 1 atom stereocenters.